The van der Waals surface area contributed by atoms with E-state index in [1.165, 1.54) is 18.2 Å². The van der Waals surface area contributed by atoms with E-state index in [0.29, 0.717) is 11.4 Å². The zero-order chi connectivity index (χ0) is 24.6. The van der Waals surface area contributed by atoms with Crippen LogP contribution in [0.3, 0.4) is 0 Å². The zero-order valence-electron chi connectivity index (χ0n) is 17.9. The van der Waals surface area contributed by atoms with Gasteiger partial charge in [0, 0.05) is 34.4 Å². The van der Waals surface area contributed by atoms with Crippen molar-refractivity contribution in [1.29, 1.82) is 0 Å². The molecule has 2 heterocycles. The summed E-state index contributed by atoms with van der Waals surface area (Å²) in [6, 6.07) is 10.1. The Bertz CT molecular complexity index is 1430. The number of urea groups is 1. The zero-order valence-corrected chi connectivity index (χ0v) is 19.6. The molecule has 1 unspecified atom stereocenters. The molecule has 1 aliphatic rings. The average Bonchev–Trinajstić information content (AvgIpc) is 3.21. The third-order valence-corrected chi connectivity index (χ3v) is 7.96. The number of thiophene rings is 1. The predicted molar refractivity (Wildman–Crippen MR) is 126 cm³/mol. The van der Waals surface area contributed by atoms with Crippen LogP contribution in [0.25, 0.3) is 0 Å². The molecule has 0 fully saturated rings. The maximum Gasteiger partial charge on any atom is 0.333 e. The normalized spacial score (nSPS) is 15.3. The minimum atomic E-state index is -4.08. The van der Waals surface area contributed by atoms with Gasteiger partial charge in [0.1, 0.15) is 15.9 Å². The number of carbonyl (C=O) groups is 3. The Labute approximate surface area is 198 Å². The van der Waals surface area contributed by atoms with Crippen LogP contribution >= 0.6 is 11.3 Å². The minimum absolute atomic E-state index is 0.0365. The molecule has 4 rings (SSSR count). The molecule has 0 bridgehead atoms. The summed E-state index contributed by atoms with van der Waals surface area (Å²) in [5.74, 6) is -3.55. The number of hydrogen-bond donors (Lipinski definition) is 4. The van der Waals surface area contributed by atoms with Crippen LogP contribution in [0.5, 0.6) is 0 Å². The maximum absolute atomic E-state index is 14.9. The highest BCUT2D eigenvalue weighted by molar-refractivity contribution is 7.92. The Morgan fingerprint density at radius 1 is 1.06 bits per heavy atom. The second kappa shape index (κ2) is 8.88. The number of hydrogen-bond acceptors (Lipinski definition) is 7. The summed E-state index contributed by atoms with van der Waals surface area (Å²) in [5, 5.41) is 7.76. The van der Waals surface area contributed by atoms with Crippen LogP contribution in [0.15, 0.2) is 52.7 Å². The third-order valence-electron chi connectivity index (χ3n) is 5.13. The average molecular weight is 503 g/mol. The number of sulfonamides is 1. The van der Waals surface area contributed by atoms with Gasteiger partial charge < -0.3 is 16.0 Å². The van der Waals surface area contributed by atoms with Gasteiger partial charge in [-0.3, -0.25) is 9.59 Å². The number of halogens is 1. The first-order chi connectivity index (χ1) is 16.1. The standard InChI is InChI=1S/C22H19FN4O5S2/c1-11-3-8-18(33-11)34(31,32)27-22(30)25-13-5-6-14(16(23)9-13)19-20(28)15-7-4-12(24-2)10-17(15)26-21(19)29/h3-10,19,24H,1-2H3,(H,26,29)(H2,25,27,30). The van der Waals surface area contributed by atoms with Crippen LogP contribution in [0.1, 0.15) is 26.7 Å². The smallest absolute Gasteiger partial charge is 0.333 e. The van der Waals surface area contributed by atoms with Gasteiger partial charge in [-0.25, -0.2) is 22.3 Å². The van der Waals surface area contributed by atoms with Crippen LogP contribution < -0.4 is 20.7 Å². The summed E-state index contributed by atoms with van der Waals surface area (Å²) >= 11 is 0.997. The molecule has 0 saturated heterocycles. The van der Waals surface area contributed by atoms with E-state index in [2.05, 4.69) is 16.0 Å². The number of Topliss-reactive ketones (excluding diaryl/α,β-unsaturated/α-hetero) is 1. The van der Waals surface area contributed by atoms with Crippen molar-refractivity contribution in [3.8, 4) is 0 Å². The Morgan fingerprint density at radius 2 is 1.79 bits per heavy atom. The minimum Gasteiger partial charge on any atom is -0.388 e. The Morgan fingerprint density at radius 3 is 2.44 bits per heavy atom. The van der Waals surface area contributed by atoms with Crippen molar-refractivity contribution in [3.63, 3.8) is 0 Å². The van der Waals surface area contributed by atoms with Gasteiger partial charge in [0.15, 0.2) is 5.78 Å². The molecule has 12 heteroatoms. The van der Waals surface area contributed by atoms with E-state index >= 15 is 0 Å². The first-order valence-corrected chi connectivity index (χ1v) is 12.3. The fourth-order valence-corrected chi connectivity index (χ4v) is 5.70. The van der Waals surface area contributed by atoms with Gasteiger partial charge in [0.25, 0.3) is 10.0 Å². The number of carbonyl (C=O) groups excluding carboxylic acids is 3. The van der Waals surface area contributed by atoms with Gasteiger partial charge in [-0.2, -0.15) is 0 Å². The van der Waals surface area contributed by atoms with E-state index in [-0.39, 0.29) is 21.0 Å². The summed E-state index contributed by atoms with van der Waals surface area (Å²) < 4.78 is 41.2. The summed E-state index contributed by atoms with van der Waals surface area (Å²) in [6.07, 6.45) is 0. The van der Waals surface area contributed by atoms with Crippen molar-refractivity contribution in [2.45, 2.75) is 17.1 Å². The Balaban J connectivity index is 1.52. The molecule has 1 atom stereocenters. The van der Waals surface area contributed by atoms with E-state index in [1.54, 1.807) is 38.2 Å². The topological polar surface area (TPSA) is 133 Å². The number of anilines is 3. The molecule has 3 amide bonds. The van der Waals surface area contributed by atoms with Gasteiger partial charge in [-0.1, -0.05) is 6.07 Å². The van der Waals surface area contributed by atoms with Crippen molar-refractivity contribution >= 4 is 56.1 Å². The van der Waals surface area contributed by atoms with E-state index in [1.807, 2.05) is 4.72 Å². The molecule has 1 aliphatic heterocycles. The van der Waals surface area contributed by atoms with Crippen molar-refractivity contribution in [1.82, 2.24) is 4.72 Å². The quantitative estimate of drug-likeness (QED) is 0.394. The molecule has 4 N–H and O–H groups in total. The number of rotatable bonds is 5. The fourth-order valence-electron chi connectivity index (χ4n) is 3.50. The number of benzene rings is 2. The predicted octanol–water partition coefficient (Wildman–Crippen LogP) is 3.67. The number of fused-ring (bicyclic) bond motifs is 1. The summed E-state index contributed by atoms with van der Waals surface area (Å²) in [6.45, 7) is 1.73. The third kappa shape index (κ3) is 4.50. The lowest BCUT2D eigenvalue weighted by atomic mass is 9.85. The molecular weight excluding hydrogens is 483 g/mol. The summed E-state index contributed by atoms with van der Waals surface area (Å²) in [4.78, 5) is 38.5. The molecule has 0 radical (unpaired) electrons. The molecular formula is C22H19FN4O5S2. The fraction of sp³-hybridized carbons (Fsp3) is 0.136. The molecule has 0 saturated carbocycles. The second-order valence-electron chi connectivity index (χ2n) is 7.46. The van der Waals surface area contributed by atoms with Gasteiger partial charge in [-0.15, -0.1) is 11.3 Å². The molecule has 176 valence electrons. The van der Waals surface area contributed by atoms with Crippen molar-refractivity contribution in [3.05, 3.63) is 70.4 Å². The summed E-state index contributed by atoms with van der Waals surface area (Å²) in [7, 11) is -2.39. The number of aryl methyl sites for hydroxylation is 1. The molecule has 0 spiro atoms. The number of ketones is 1. The highest BCUT2D eigenvalue weighted by Crippen LogP contribution is 2.34. The Hall–Kier alpha value is -3.77. The lowest BCUT2D eigenvalue weighted by Crippen LogP contribution is -2.35. The molecule has 1 aromatic heterocycles. The maximum atomic E-state index is 14.9. The van der Waals surface area contributed by atoms with E-state index < -0.39 is 39.5 Å². The lowest BCUT2D eigenvalue weighted by molar-refractivity contribution is -0.116. The highest BCUT2D eigenvalue weighted by atomic mass is 32.2. The molecule has 34 heavy (non-hydrogen) atoms. The van der Waals surface area contributed by atoms with Gasteiger partial charge in [0.2, 0.25) is 5.91 Å². The van der Waals surface area contributed by atoms with Crippen molar-refractivity contribution in [2.75, 3.05) is 23.0 Å². The van der Waals surface area contributed by atoms with Crippen LogP contribution in [-0.2, 0) is 14.8 Å². The van der Waals surface area contributed by atoms with Crippen LogP contribution in [0.4, 0.5) is 26.2 Å². The molecule has 3 aromatic rings. The van der Waals surface area contributed by atoms with E-state index in [0.717, 1.165) is 22.3 Å². The Kier molecular flexibility index (Phi) is 6.11. The monoisotopic (exact) mass is 502 g/mol. The number of amides is 3. The van der Waals surface area contributed by atoms with Gasteiger partial charge in [-0.05, 0) is 49.4 Å². The molecule has 2 aromatic carbocycles. The summed E-state index contributed by atoms with van der Waals surface area (Å²) in [5.41, 5.74) is 1.05. The molecule has 0 aliphatic carbocycles. The first-order valence-electron chi connectivity index (χ1n) is 9.95. The lowest BCUT2D eigenvalue weighted by Gasteiger charge is -2.24. The number of nitrogens with one attached hydrogen (secondary N) is 4. The van der Waals surface area contributed by atoms with Gasteiger partial charge in [0.05, 0.1) is 5.69 Å². The van der Waals surface area contributed by atoms with Crippen LogP contribution in [-0.4, -0.2) is 33.2 Å². The van der Waals surface area contributed by atoms with Crippen molar-refractivity contribution < 1.29 is 27.2 Å². The van der Waals surface area contributed by atoms with Crippen LogP contribution in [0.2, 0.25) is 0 Å². The SMILES string of the molecule is CNc1ccc2c(c1)NC(=O)C(c1ccc(NC(=O)NS(=O)(=O)c3ccc(C)s3)cc1F)C2=O. The van der Waals surface area contributed by atoms with Gasteiger partial charge >= 0.3 is 6.03 Å². The van der Waals surface area contributed by atoms with E-state index in [4.69, 9.17) is 0 Å². The molecule has 9 nitrogen and oxygen atoms in total. The second-order valence-corrected chi connectivity index (χ2v) is 10.7. The van der Waals surface area contributed by atoms with Crippen LogP contribution in [0, 0.1) is 12.7 Å². The first kappa shape index (κ1) is 23.4. The largest absolute Gasteiger partial charge is 0.388 e. The highest BCUT2D eigenvalue weighted by Gasteiger charge is 2.37. The van der Waals surface area contributed by atoms with E-state index in [9.17, 15) is 27.2 Å². The van der Waals surface area contributed by atoms with Crippen molar-refractivity contribution in [2.24, 2.45) is 0 Å².